The van der Waals surface area contributed by atoms with Gasteiger partial charge >= 0.3 is 18.1 Å². The third kappa shape index (κ3) is 1.72. The van der Waals surface area contributed by atoms with Crippen molar-refractivity contribution in [3.63, 3.8) is 0 Å². The van der Waals surface area contributed by atoms with E-state index in [1.807, 2.05) is 0 Å². The first kappa shape index (κ1) is 13.0. The van der Waals surface area contributed by atoms with E-state index in [4.69, 9.17) is 5.11 Å². The zero-order valence-corrected chi connectivity index (χ0v) is 8.80. The highest BCUT2D eigenvalue weighted by molar-refractivity contribution is 5.88. The Balaban J connectivity index is 2.25. The molecule has 1 heterocycles. The molecule has 2 aliphatic rings. The van der Waals surface area contributed by atoms with Crippen LogP contribution in [0.25, 0.3) is 0 Å². The van der Waals surface area contributed by atoms with Crippen LogP contribution >= 0.6 is 0 Å². The zero-order chi connectivity index (χ0) is 13.9. The molecule has 0 aromatic rings. The fourth-order valence-corrected chi connectivity index (χ4v) is 2.35. The van der Waals surface area contributed by atoms with Gasteiger partial charge in [0.25, 0.3) is 5.92 Å². The summed E-state index contributed by atoms with van der Waals surface area (Å²) in [5.74, 6) is -7.27. The normalized spacial score (nSPS) is 33.8. The summed E-state index contributed by atoms with van der Waals surface area (Å²) in [5, 5.41) is 8.72. The van der Waals surface area contributed by atoms with E-state index in [2.05, 4.69) is 0 Å². The molecule has 18 heavy (non-hydrogen) atoms. The number of rotatable bonds is 1. The number of halogens is 5. The van der Waals surface area contributed by atoms with Gasteiger partial charge in [-0.15, -0.1) is 0 Å². The molecule has 2 atom stereocenters. The molecule has 1 aliphatic heterocycles. The van der Waals surface area contributed by atoms with Gasteiger partial charge in [-0.05, 0) is 6.42 Å². The zero-order valence-electron chi connectivity index (χ0n) is 8.80. The minimum absolute atomic E-state index is 0.0107. The standard InChI is InChI=1S/C9H8F5NO3/c10-8(11)2-7(8)1-4(5(16)17)15(3-7)6(18)9(12,13)14/h4H,1-3H2,(H,16,17). The van der Waals surface area contributed by atoms with E-state index in [9.17, 15) is 31.5 Å². The van der Waals surface area contributed by atoms with Crippen molar-refractivity contribution < 1.29 is 36.6 Å². The van der Waals surface area contributed by atoms with Gasteiger partial charge in [0.1, 0.15) is 6.04 Å². The van der Waals surface area contributed by atoms with Crippen molar-refractivity contribution >= 4 is 11.9 Å². The third-order valence-corrected chi connectivity index (χ3v) is 3.43. The fourth-order valence-electron chi connectivity index (χ4n) is 2.35. The van der Waals surface area contributed by atoms with Gasteiger partial charge in [-0.1, -0.05) is 0 Å². The van der Waals surface area contributed by atoms with E-state index in [-0.39, 0.29) is 4.90 Å². The molecule has 1 aliphatic carbocycles. The Morgan fingerprint density at radius 2 is 1.78 bits per heavy atom. The molecule has 1 saturated heterocycles. The predicted octanol–water partition coefficient (Wildman–Crippen LogP) is 1.26. The molecule has 9 heteroatoms. The van der Waals surface area contributed by atoms with Gasteiger partial charge in [-0.3, -0.25) is 4.79 Å². The number of alkyl halides is 5. The lowest BCUT2D eigenvalue weighted by molar-refractivity contribution is -0.188. The monoisotopic (exact) mass is 273 g/mol. The SMILES string of the molecule is O=C(O)C1CC2(CN1C(=O)C(F)(F)F)CC2(F)F. The molecule has 0 aromatic heterocycles. The number of amides is 1. The highest BCUT2D eigenvalue weighted by Crippen LogP contribution is 2.66. The summed E-state index contributed by atoms with van der Waals surface area (Å²) in [7, 11) is 0. The minimum Gasteiger partial charge on any atom is -0.480 e. The largest absolute Gasteiger partial charge is 0.480 e. The number of likely N-dealkylation sites (tertiary alicyclic amines) is 1. The molecule has 1 N–H and O–H groups in total. The lowest BCUT2D eigenvalue weighted by atomic mass is 10.0. The van der Waals surface area contributed by atoms with Gasteiger partial charge in [0.15, 0.2) is 0 Å². The molecule has 1 spiro atoms. The van der Waals surface area contributed by atoms with Crippen LogP contribution < -0.4 is 0 Å². The van der Waals surface area contributed by atoms with Crippen LogP contribution in [0.5, 0.6) is 0 Å². The van der Waals surface area contributed by atoms with Crippen LogP contribution in [0, 0.1) is 5.41 Å². The van der Waals surface area contributed by atoms with Gasteiger partial charge in [0, 0.05) is 13.0 Å². The van der Waals surface area contributed by atoms with Gasteiger partial charge in [-0.25, -0.2) is 13.6 Å². The second kappa shape index (κ2) is 3.33. The van der Waals surface area contributed by atoms with Crippen LogP contribution in [0.15, 0.2) is 0 Å². The molecule has 4 nitrogen and oxygen atoms in total. The summed E-state index contributed by atoms with van der Waals surface area (Å²) in [4.78, 5) is 21.8. The highest BCUT2D eigenvalue weighted by Gasteiger charge is 2.76. The number of carbonyl (C=O) groups excluding carboxylic acids is 1. The van der Waals surface area contributed by atoms with Crippen molar-refractivity contribution in [1.82, 2.24) is 4.90 Å². The van der Waals surface area contributed by atoms with Crippen molar-refractivity contribution in [3.05, 3.63) is 0 Å². The molecule has 2 unspecified atom stereocenters. The molecule has 0 radical (unpaired) electrons. The lowest BCUT2D eigenvalue weighted by Gasteiger charge is -2.22. The first-order valence-corrected chi connectivity index (χ1v) is 4.99. The van der Waals surface area contributed by atoms with Crippen molar-refractivity contribution in [1.29, 1.82) is 0 Å². The summed E-state index contributed by atoms with van der Waals surface area (Å²) in [6, 6.07) is -1.84. The molecule has 2 rings (SSSR count). The smallest absolute Gasteiger partial charge is 0.471 e. The Bertz CT molecular complexity index is 421. The molecular weight excluding hydrogens is 265 g/mol. The number of nitrogens with zero attached hydrogens (tertiary/aromatic N) is 1. The minimum atomic E-state index is -5.26. The Morgan fingerprint density at radius 1 is 1.28 bits per heavy atom. The Kier molecular flexibility index (Phi) is 2.41. The summed E-state index contributed by atoms with van der Waals surface area (Å²) in [6.45, 7) is -0.866. The molecule has 102 valence electrons. The number of carboxylic acid groups (broad SMARTS) is 1. The lowest BCUT2D eigenvalue weighted by Crippen LogP contribution is -2.47. The Labute approximate surface area is 97.4 Å². The van der Waals surface area contributed by atoms with Gasteiger partial charge in [0.05, 0.1) is 5.41 Å². The van der Waals surface area contributed by atoms with E-state index in [1.54, 1.807) is 0 Å². The molecule has 0 aromatic carbocycles. The van der Waals surface area contributed by atoms with E-state index < -0.39 is 54.8 Å². The number of hydrogen-bond donors (Lipinski definition) is 1. The van der Waals surface area contributed by atoms with E-state index in [0.29, 0.717) is 0 Å². The predicted molar refractivity (Wildman–Crippen MR) is 45.8 cm³/mol. The maximum absolute atomic E-state index is 13.1. The van der Waals surface area contributed by atoms with Gasteiger partial charge < -0.3 is 10.0 Å². The van der Waals surface area contributed by atoms with Gasteiger partial charge in [-0.2, -0.15) is 13.2 Å². The molecular formula is C9H8F5NO3. The molecule has 1 saturated carbocycles. The first-order chi connectivity index (χ1) is 8.00. The van der Waals surface area contributed by atoms with E-state index in [0.717, 1.165) is 0 Å². The Morgan fingerprint density at radius 3 is 2.11 bits per heavy atom. The van der Waals surface area contributed by atoms with Crippen LogP contribution in [-0.4, -0.2) is 46.6 Å². The average molecular weight is 273 g/mol. The molecule has 0 bridgehead atoms. The van der Waals surface area contributed by atoms with Crippen LogP contribution in [-0.2, 0) is 9.59 Å². The molecule has 2 fully saturated rings. The summed E-state index contributed by atoms with van der Waals surface area (Å²) < 4.78 is 62.8. The average Bonchev–Trinajstić information content (AvgIpc) is 2.56. The van der Waals surface area contributed by atoms with Crippen LogP contribution in [0.3, 0.4) is 0 Å². The summed E-state index contributed by atoms with van der Waals surface area (Å²) in [5.41, 5.74) is -1.79. The van der Waals surface area contributed by atoms with E-state index >= 15 is 0 Å². The summed E-state index contributed by atoms with van der Waals surface area (Å²) in [6.07, 6.45) is -6.58. The second-order valence-corrected chi connectivity index (χ2v) is 4.65. The second-order valence-electron chi connectivity index (χ2n) is 4.65. The maximum Gasteiger partial charge on any atom is 0.471 e. The number of carboxylic acids is 1. The van der Waals surface area contributed by atoms with Crippen molar-refractivity contribution in [2.24, 2.45) is 5.41 Å². The highest BCUT2D eigenvalue weighted by atomic mass is 19.4. The quantitative estimate of drug-likeness (QED) is 0.732. The van der Waals surface area contributed by atoms with Crippen LogP contribution in [0.1, 0.15) is 12.8 Å². The van der Waals surface area contributed by atoms with Crippen molar-refractivity contribution in [2.75, 3.05) is 6.54 Å². The number of carbonyl (C=O) groups is 2. The number of aliphatic carboxylic acids is 1. The van der Waals surface area contributed by atoms with Crippen molar-refractivity contribution in [2.45, 2.75) is 31.0 Å². The first-order valence-electron chi connectivity index (χ1n) is 4.99. The molecule has 1 amide bonds. The number of hydrogen-bond acceptors (Lipinski definition) is 2. The fraction of sp³-hybridized carbons (Fsp3) is 0.778. The Hall–Kier alpha value is -1.41. The van der Waals surface area contributed by atoms with Gasteiger partial charge in [0.2, 0.25) is 0 Å². The van der Waals surface area contributed by atoms with Crippen molar-refractivity contribution in [3.8, 4) is 0 Å². The maximum atomic E-state index is 13.1. The van der Waals surface area contributed by atoms with Crippen LogP contribution in [0.2, 0.25) is 0 Å². The van der Waals surface area contributed by atoms with E-state index in [1.165, 1.54) is 0 Å². The third-order valence-electron chi connectivity index (χ3n) is 3.43. The summed E-state index contributed by atoms with van der Waals surface area (Å²) >= 11 is 0. The topological polar surface area (TPSA) is 57.6 Å². The van der Waals surface area contributed by atoms with Crippen LogP contribution in [0.4, 0.5) is 22.0 Å².